The predicted octanol–water partition coefficient (Wildman–Crippen LogP) is 1.38. The number of carbonyl (C=O) groups is 1. The van der Waals surface area contributed by atoms with Gasteiger partial charge in [-0.15, -0.1) is 0 Å². The van der Waals surface area contributed by atoms with Crippen molar-refractivity contribution in [3.05, 3.63) is 34.5 Å². The van der Waals surface area contributed by atoms with Gasteiger partial charge < -0.3 is 19.9 Å². The number of piperazine rings is 1. The van der Waals surface area contributed by atoms with E-state index in [1.807, 2.05) is 15.9 Å². The van der Waals surface area contributed by atoms with Gasteiger partial charge in [-0.3, -0.25) is 9.69 Å². The third-order valence-corrected chi connectivity index (χ3v) is 5.40. The predicted molar refractivity (Wildman–Crippen MR) is 101 cm³/mol. The van der Waals surface area contributed by atoms with Crippen LogP contribution in [0.2, 0.25) is 0 Å². The molecule has 27 heavy (non-hydrogen) atoms. The Balaban J connectivity index is 1.42. The van der Waals surface area contributed by atoms with Crippen LogP contribution in [0.3, 0.4) is 0 Å². The molecule has 2 aromatic heterocycles. The summed E-state index contributed by atoms with van der Waals surface area (Å²) in [5.74, 6) is 0.610. The summed E-state index contributed by atoms with van der Waals surface area (Å²) in [5, 5.41) is 11.6. The number of amides is 1. The number of piperidine rings is 1. The number of nitro groups is 1. The quantitative estimate of drug-likeness (QED) is 0.595. The highest BCUT2D eigenvalue weighted by Gasteiger charge is 2.30. The minimum Gasteiger partial charge on any atom is -0.358 e. The van der Waals surface area contributed by atoms with E-state index in [9.17, 15) is 14.9 Å². The monoisotopic (exact) mass is 372 g/mol. The fourth-order valence-electron chi connectivity index (χ4n) is 3.90. The van der Waals surface area contributed by atoms with Crippen molar-refractivity contribution in [3.63, 3.8) is 0 Å². The number of anilines is 1. The van der Waals surface area contributed by atoms with Gasteiger partial charge in [0, 0.05) is 45.3 Å². The molecular formula is C18H24N6O3. The summed E-state index contributed by atoms with van der Waals surface area (Å²) < 4.78 is 1.52. The summed E-state index contributed by atoms with van der Waals surface area (Å²) in [6.45, 7) is 4.81. The van der Waals surface area contributed by atoms with Gasteiger partial charge in [0.2, 0.25) is 17.4 Å². The Morgan fingerprint density at radius 1 is 1.07 bits per heavy atom. The second kappa shape index (κ2) is 7.51. The van der Waals surface area contributed by atoms with Crippen LogP contribution >= 0.6 is 0 Å². The first-order chi connectivity index (χ1) is 13.1. The standard InChI is InChI=1S/C18H24N6O3/c25-16(21-7-3-1-4-8-21)14-20-10-12-22(13-11-20)17-18(24(26)27)23-9-5-2-6-15(23)19-17/h2,5-6,9H,1,3-4,7-8,10-14H2. The molecule has 9 heteroatoms. The molecule has 0 N–H and O–H groups in total. The zero-order valence-electron chi connectivity index (χ0n) is 15.3. The summed E-state index contributed by atoms with van der Waals surface area (Å²) in [6.07, 6.45) is 5.06. The van der Waals surface area contributed by atoms with Gasteiger partial charge in [0.15, 0.2) is 0 Å². The highest BCUT2D eigenvalue weighted by molar-refractivity contribution is 5.78. The third kappa shape index (κ3) is 3.59. The van der Waals surface area contributed by atoms with Gasteiger partial charge in [0.05, 0.1) is 12.7 Å². The van der Waals surface area contributed by atoms with Crippen LogP contribution in [0.5, 0.6) is 0 Å². The average Bonchev–Trinajstić information content (AvgIpc) is 3.09. The van der Waals surface area contributed by atoms with E-state index in [4.69, 9.17) is 0 Å². The van der Waals surface area contributed by atoms with E-state index in [2.05, 4.69) is 9.88 Å². The largest absolute Gasteiger partial charge is 0.372 e. The molecule has 0 spiro atoms. The zero-order valence-corrected chi connectivity index (χ0v) is 15.3. The minimum atomic E-state index is -0.373. The molecule has 144 valence electrons. The molecule has 2 fully saturated rings. The lowest BCUT2D eigenvalue weighted by Gasteiger charge is -2.35. The summed E-state index contributed by atoms with van der Waals surface area (Å²) >= 11 is 0. The smallest absolute Gasteiger partial charge is 0.358 e. The van der Waals surface area contributed by atoms with E-state index in [1.54, 1.807) is 18.3 Å². The number of fused-ring (bicyclic) bond motifs is 1. The molecule has 0 saturated carbocycles. The van der Waals surface area contributed by atoms with Gasteiger partial charge in [-0.2, -0.15) is 9.38 Å². The molecule has 0 aliphatic carbocycles. The molecule has 4 rings (SSSR count). The molecule has 2 aliphatic heterocycles. The normalized spacial score (nSPS) is 18.8. The second-order valence-electron chi connectivity index (χ2n) is 7.15. The molecule has 2 aliphatic rings. The molecule has 0 unspecified atom stereocenters. The number of nitrogens with zero attached hydrogens (tertiary/aromatic N) is 6. The van der Waals surface area contributed by atoms with E-state index < -0.39 is 0 Å². The molecule has 1 amide bonds. The summed E-state index contributed by atoms with van der Waals surface area (Å²) in [4.78, 5) is 34.2. The van der Waals surface area contributed by atoms with Crippen LogP contribution in [0.1, 0.15) is 19.3 Å². The Morgan fingerprint density at radius 3 is 2.52 bits per heavy atom. The fraction of sp³-hybridized carbons (Fsp3) is 0.556. The number of aromatic nitrogens is 2. The van der Waals surface area contributed by atoms with Crippen molar-refractivity contribution in [2.75, 3.05) is 50.7 Å². The van der Waals surface area contributed by atoms with Crippen LogP contribution in [0, 0.1) is 10.1 Å². The van der Waals surface area contributed by atoms with Crippen molar-refractivity contribution in [1.29, 1.82) is 0 Å². The Labute approximate surface area is 157 Å². The highest BCUT2D eigenvalue weighted by atomic mass is 16.6. The van der Waals surface area contributed by atoms with Crippen molar-refractivity contribution in [1.82, 2.24) is 19.2 Å². The molecule has 0 bridgehead atoms. The SMILES string of the molecule is O=C(CN1CCN(c2nc3ccccn3c2[N+](=O)[O-])CC1)N1CCCCC1. The number of pyridine rings is 1. The fourth-order valence-corrected chi connectivity index (χ4v) is 3.90. The molecule has 9 nitrogen and oxygen atoms in total. The number of imidazole rings is 1. The van der Waals surface area contributed by atoms with Crippen molar-refractivity contribution in [2.24, 2.45) is 0 Å². The third-order valence-electron chi connectivity index (χ3n) is 5.40. The van der Waals surface area contributed by atoms with E-state index in [1.165, 1.54) is 10.8 Å². The maximum atomic E-state index is 12.4. The van der Waals surface area contributed by atoms with E-state index in [0.717, 1.165) is 25.9 Å². The van der Waals surface area contributed by atoms with E-state index in [-0.39, 0.29) is 16.6 Å². The molecule has 4 heterocycles. The highest BCUT2D eigenvalue weighted by Crippen LogP contribution is 2.29. The van der Waals surface area contributed by atoms with Crippen LogP contribution in [0.15, 0.2) is 24.4 Å². The Bertz CT molecular complexity index is 837. The van der Waals surface area contributed by atoms with Gasteiger partial charge in [-0.1, -0.05) is 6.07 Å². The first-order valence-corrected chi connectivity index (χ1v) is 9.50. The number of likely N-dealkylation sites (tertiary alicyclic amines) is 1. The lowest BCUT2D eigenvalue weighted by Crippen LogP contribution is -2.50. The zero-order chi connectivity index (χ0) is 18.8. The average molecular weight is 372 g/mol. The number of hydrogen-bond donors (Lipinski definition) is 0. The van der Waals surface area contributed by atoms with Crippen LogP contribution < -0.4 is 4.90 Å². The summed E-state index contributed by atoms with van der Waals surface area (Å²) in [6, 6.07) is 5.35. The molecule has 0 atom stereocenters. The second-order valence-corrected chi connectivity index (χ2v) is 7.15. The van der Waals surface area contributed by atoms with Crippen LogP contribution in [0.4, 0.5) is 11.6 Å². The topological polar surface area (TPSA) is 87.2 Å². The van der Waals surface area contributed by atoms with Crippen molar-refractivity contribution < 1.29 is 9.72 Å². The van der Waals surface area contributed by atoms with Crippen molar-refractivity contribution in [3.8, 4) is 0 Å². The van der Waals surface area contributed by atoms with Gasteiger partial charge >= 0.3 is 5.82 Å². The first kappa shape index (κ1) is 17.7. The Morgan fingerprint density at radius 2 is 1.81 bits per heavy atom. The lowest BCUT2D eigenvalue weighted by atomic mass is 10.1. The lowest BCUT2D eigenvalue weighted by molar-refractivity contribution is -0.389. The Hall–Kier alpha value is -2.68. The number of carbonyl (C=O) groups excluding carboxylic acids is 1. The Kier molecular flexibility index (Phi) is 4.93. The molecule has 2 aromatic rings. The molecular weight excluding hydrogens is 348 g/mol. The molecule has 2 saturated heterocycles. The van der Waals surface area contributed by atoms with Gasteiger partial charge in [0.1, 0.15) is 0 Å². The molecule has 0 aromatic carbocycles. The maximum Gasteiger partial charge on any atom is 0.372 e. The van der Waals surface area contributed by atoms with Crippen LogP contribution in [-0.2, 0) is 4.79 Å². The van der Waals surface area contributed by atoms with E-state index in [0.29, 0.717) is 44.2 Å². The summed E-state index contributed by atoms with van der Waals surface area (Å²) in [5.41, 5.74) is 0.571. The first-order valence-electron chi connectivity index (χ1n) is 9.50. The van der Waals surface area contributed by atoms with Gasteiger partial charge in [0.25, 0.3) is 0 Å². The molecule has 0 radical (unpaired) electrons. The number of hydrogen-bond acceptors (Lipinski definition) is 6. The number of rotatable bonds is 4. The van der Waals surface area contributed by atoms with Gasteiger partial charge in [-0.25, -0.2) is 0 Å². The summed E-state index contributed by atoms with van der Waals surface area (Å²) in [7, 11) is 0. The maximum absolute atomic E-state index is 12.4. The van der Waals surface area contributed by atoms with Gasteiger partial charge in [-0.05, 0) is 30.3 Å². The minimum absolute atomic E-state index is 0.00319. The van der Waals surface area contributed by atoms with Crippen molar-refractivity contribution in [2.45, 2.75) is 19.3 Å². The van der Waals surface area contributed by atoms with E-state index >= 15 is 0 Å². The van der Waals surface area contributed by atoms with Crippen LogP contribution in [0.25, 0.3) is 5.65 Å². The van der Waals surface area contributed by atoms with Crippen LogP contribution in [-0.4, -0.2) is 75.8 Å². The van der Waals surface area contributed by atoms with Crippen molar-refractivity contribution >= 4 is 23.2 Å².